The minimum atomic E-state index is -3.27. The summed E-state index contributed by atoms with van der Waals surface area (Å²) in [6.07, 6.45) is 1.66. The zero-order chi connectivity index (χ0) is 20.3. The lowest BCUT2D eigenvalue weighted by Crippen LogP contribution is -2.39. The molecule has 0 spiro atoms. The lowest BCUT2D eigenvalue weighted by Gasteiger charge is -2.15. The molecule has 1 amide bonds. The van der Waals surface area contributed by atoms with Crippen molar-refractivity contribution in [3.63, 3.8) is 0 Å². The predicted octanol–water partition coefficient (Wildman–Crippen LogP) is 1.65. The van der Waals surface area contributed by atoms with Crippen LogP contribution in [-0.4, -0.2) is 40.8 Å². The second-order valence-corrected chi connectivity index (χ2v) is 8.54. The molecule has 150 valence electrons. The average Bonchev–Trinajstić information content (AvgIpc) is 3.17. The van der Waals surface area contributed by atoms with Crippen molar-refractivity contribution in [2.75, 3.05) is 25.8 Å². The molecule has 1 fully saturated rings. The molecule has 9 heteroatoms. The van der Waals surface area contributed by atoms with Gasteiger partial charge in [-0.15, -0.1) is 0 Å². The van der Waals surface area contributed by atoms with Gasteiger partial charge in [-0.2, -0.15) is 0 Å². The SMILES string of the molecule is COc1ccc(C2CC(C(=O)Nc3ccc(S(C)(=O)=O)cc3)NN2)c(OC)c1. The van der Waals surface area contributed by atoms with E-state index in [1.165, 1.54) is 12.1 Å². The predicted molar refractivity (Wildman–Crippen MR) is 105 cm³/mol. The number of anilines is 1. The highest BCUT2D eigenvalue weighted by molar-refractivity contribution is 7.90. The number of hydrogen-bond acceptors (Lipinski definition) is 7. The van der Waals surface area contributed by atoms with Crippen molar-refractivity contribution >= 4 is 21.4 Å². The number of benzene rings is 2. The Morgan fingerprint density at radius 3 is 2.39 bits per heavy atom. The van der Waals surface area contributed by atoms with Crippen LogP contribution in [0.5, 0.6) is 11.5 Å². The number of carbonyl (C=O) groups excluding carboxylic acids is 1. The molecular formula is C19H23N3O5S. The van der Waals surface area contributed by atoms with E-state index in [-0.39, 0.29) is 16.8 Å². The van der Waals surface area contributed by atoms with Crippen LogP contribution in [0.3, 0.4) is 0 Å². The van der Waals surface area contributed by atoms with E-state index in [2.05, 4.69) is 16.2 Å². The van der Waals surface area contributed by atoms with Gasteiger partial charge in [0.05, 0.1) is 25.2 Å². The van der Waals surface area contributed by atoms with Crippen LogP contribution in [0.15, 0.2) is 47.4 Å². The smallest absolute Gasteiger partial charge is 0.242 e. The standard InChI is InChI=1S/C19H23N3O5S/c1-26-13-6-9-15(18(10-13)27-2)16-11-17(22-21-16)19(23)20-12-4-7-14(8-5-12)28(3,24)25/h4-10,16-17,21-22H,11H2,1-3H3,(H,20,23). The van der Waals surface area contributed by atoms with Crippen LogP contribution in [0.1, 0.15) is 18.0 Å². The van der Waals surface area contributed by atoms with E-state index < -0.39 is 15.9 Å². The number of sulfone groups is 1. The first-order valence-electron chi connectivity index (χ1n) is 8.66. The molecule has 1 saturated heterocycles. The number of hydrazine groups is 1. The lowest BCUT2D eigenvalue weighted by molar-refractivity contribution is -0.117. The number of nitrogens with one attached hydrogen (secondary N) is 3. The van der Waals surface area contributed by atoms with E-state index in [1.54, 1.807) is 32.4 Å². The van der Waals surface area contributed by atoms with Gasteiger partial charge in [-0.3, -0.25) is 4.79 Å². The third-order valence-corrected chi connectivity index (χ3v) is 5.71. The molecule has 2 unspecified atom stereocenters. The summed E-state index contributed by atoms with van der Waals surface area (Å²) >= 11 is 0. The zero-order valence-corrected chi connectivity index (χ0v) is 16.7. The Bertz CT molecular complexity index is 960. The number of hydrogen-bond donors (Lipinski definition) is 3. The Kier molecular flexibility index (Phi) is 5.87. The van der Waals surface area contributed by atoms with E-state index in [0.29, 0.717) is 23.6 Å². The molecule has 2 atom stereocenters. The summed E-state index contributed by atoms with van der Waals surface area (Å²) < 4.78 is 33.7. The highest BCUT2D eigenvalue weighted by atomic mass is 32.2. The molecule has 0 saturated carbocycles. The van der Waals surface area contributed by atoms with Crippen LogP contribution >= 0.6 is 0 Å². The van der Waals surface area contributed by atoms with Crippen LogP contribution in [0, 0.1) is 0 Å². The van der Waals surface area contributed by atoms with E-state index in [1.807, 2.05) is 12.1 Å². The summed E-state index contributed by atoms with van der Waals surface area (Å²) in [4.78, 5) is 12.8. The van der Waals surface area contributed by atoms with E-state index >= 15 is 0 Å². The maximum absolute atomic E-state index is 12.5. The maximum Gasteiger partial charge on any atom is 0.242 e. The van der Waals surface area contributed by atoms with Gasteiger partial charge < -0.3 is 14.8 Å². The second-order valence-electron chi connectivity index (χ2n) is 6.52. The van der Waals surface area contributed by atoms with Crippen molar-refractivity contribution in [3.05, 3.63) is 48.0 Å². The molecule has 2 aromatic rings. The summed E-state index contributed by atoms with van der Waals surface area (Å²) in [5.41, 5.74) is 7.57. The van der Waals surface area contributed by atoms with Crippen LogP contribution in [0.2, 0.25) is 0 Å². The summed E-state index contributed by atoms with van der Waals surface area (Å²) in [6, 6.07) is 11.1. The van der Waals surface area contributed by atoms with Gasteiger partial charge in [-0.1, -0.05) is 6.07 Å². The van der Waals surface area contributed by atoms with Crippen molar-refractivity contribution in [1.29, 1.82) is 0 Å². The largest absolute Gasteiger partial charge is 0.497 e. The zero-order valence-electron chi connectivity index (χ0n) is 15.9. The normalized spacial score (nSPS) is 19.2. The van der Waals surface area contributed by atoms with Crippen LogP contribution < -0.4 is 25.6 Å². The molecule has 2 aromatic carbocycles. The Balaban J connectivity index is 1.66. The first kappa shape index (κ1) is 20.1. The third-order valence-electron chi connectivity index (χ3n) is 4.59. The molecule has 1 heterocycles. The van der Waals surface area contributed by atoms with E-state index in [4.69, 9.17) is 9.47 Å². The fraction of sp³-hybridized carbons (Fsp3) is 0.316. The molecule has 3 rings (SSSR count). The topological polar surface area (TPSA) is 106 Å². The number of rotatable bonds is 6. The Hall–Kier alpha value is -2.62. The summed E-state index contributed by atoms with van der Waals surface area (Å²) in [7, 11) is -0.0910. The molecular weight excluding hydrogens is 382 g/mol. The van der Waals surface area contributed by atoms with Crippen molar-refractivity contribution < 1.29 is 22.7 Å². The fourth-order valence-corrected chi connectivity index (χ4v) is 3.68. The highest BCUT2D eigenvalue weighted by Crippen LogP contribution is 2.33. The summed E-state index contributed by atoms with van der Waals surface area (Å²) in [5, 5.41) is 2.79. The van der Waals surface area contributed by atoms with E-state index in [0.717, 1.165) is 11.8 Å². The molecule has 28 heavy (non-hydrogen) atoms. The van der Waals surface area contributed by atoms with Gasteiger partial charge in [-0.05, 0) is 36.8 Å². The van der Waals surface area contributed by atoms with Crippen molar-refractivity contribution in [1.82, 2.24) is 10.9 Å². The number of ether oxygens (including phenoxy) is 2. The van der Waals surface area contributed by atoms with Gasteiger partial charge in [0.15, 0.2) is 9.84 Å². The van der Waals surface area contributed by atoms with Gasteiger partial charge in [-0.25, -0.2) is 19.3 Å². The summed E-state index contributed by atoms with van der Waals surface area (Å²) in [5.74, 6) is 1.16. The lowest BCUT2D eigenvalue weighted by atomic mass is 10.0. The van der Waals surface area contributed by atoms with Gasteiger partial charge in [0.1, 0.15) is 17.5 Å². The van der Waals surface area contributed by atoms with Crippen molar-refractivity contribution in [2.45, 2.75) is 23.4 Å². The number of amides is 1. The molecule has 3 N–H and O–H groups in total. The third kappa shape index (κ3) is 4.44. The van der Waals surface area contributed by atoms with Gasteiger partial charge in [0.2, 0.25) is 5.91 Å². The molecule has 0 radical (unpaired) electrons. The average molecular weight is 405 g/mol. The first-order valence-corrected chi connectivity index (χ1v) is 10.5. The molecule has 0 bridgehead atoms. The summed E-state index contributed by atoms with van der Waals surface area (Å²) in [6.45, 7) is 0. The Labute approximate surface area is 164 Å². The molecule has 0 aliphatic carbocycles. The molecule has 0 aromatic heterocycles. The quantitative estimate of drug-likeness (QED) is 0.671. The van der Waals surface area contributed by atoms with E-state index in [9.17, 15) is 13.2 Å². The fourth-order valence-electron chi connectivity index (χ4n) is 3.05. The molecule has 8 nitrogen and oxygen atoms in total. The van der Waals surface area contributed by atoms with Gasteiger partial charge in [0.25, 0.3) is 0 Å². The maximum atomic E-state index is 12.5. The first-order chi connectivity index (χ1) is 13.3. The van der Waals surface area contributed by atoms with Crippen LogP contribution in [-0.2, 0) is 14.6 Å². The number of carbonyl (C=O) groups is 1. The minimum absolute atomic E-state index is 0.107. The number of methoxy groups -OCH3 is 2. The van der Waals surface area contributed by atoms with Crippen molar-refractivity contribution in [2.24, 2.45) is 0 Å². The van der Waals surface area contributed by atoms with Crippen LogP contribution in [0.4, 0.5) is 5.69 Å². The Morgan fingerprint density at radius 1 is 1.07 bits per heavy atom. The van der Waals surface area contributed by atoms with Crippen molar-refractivity contribution in [3.8, 4) is 11.5 Å². The van der Waals surface area contributed by atoms with Crippen LogP contribution in [0.25, 0.3) is 0 Å². The minimum Gasteiger partial charge on any atom is -0.497 e. The monoisotopic (exact) mass is 405 g/mol. The molecule has 1 aliphatic heterocycles. The van der Waals surface area contributed by atoms with Gasteiger partial charge in [0, 0.05) is 23.6 Å². The highest BCUT2D eigenvalue weighted by Gasteiger charge is 2.31. The second kappa shape index (κ2) is 8.17. The van der Waals surface area contributed by atoms with Gasteiger partial charge >= 0.3 is 0 Å². The molecule has 1 aliphatic rings. The Morgan fingerprint density at radius 2 is 1.79 bits per heavy atom.